The smallest absolute Gasteiger partial charge is 0.245 e. The van der Waals surface area contributed by atoms with E-state index in [1.54, 1.807) is 13.3 Å². The summed E-state index contributed by atoms with van der Waals surface area (Å²) in [4.78, 5) is 11.2. The zero-order valence-corrected chi connectivity index (χ0v) is 17.3. The van der Waals surface area contributed by atoms with E-state index >= 15 is 0 Å². The first-order valence-corrected chi connectivity index (χ1v) is 10.4. The molecular formula is C21H26N6O3. The molecule has 2 aromatic heterocycles. The van der Waals surface area contributed by atoms with E-state index in [9.17, 15) is 0 Å². The molecule has 1 atom stereocenters. The van der Waals surface area contributed by atoms with Gasteiger partial charge in [-0.3, -0.25) is 0 Å². The Balaban J connectivity index is 1.35. The number of nitrogens with zero attached hydrogens (tertiary/aromatic N) is 5. The summed E-state index contributed by atoms with van der Waals surface area (Å²) in [5, 5.41) is 12.4. The van der Waals surface area contributed by atoms with Gasteiger partial charge in [-0.25, -0.2) is 9.97 Å². The molecule has 9 heteroatoms. The van der Waals surface area contributed by atoms with Crippen molar-refractivity contribution in [3.8, 4) is 17.0 Å². The second kappa shape index (κ2) is 8.16. The molecule has 3 aromatic rings. The lowest BCUT2D eigenvalue weighted by molar-refractivity contribution is 0.0516. The second-order valence-corrected chi connectivity index (χ2v) is 8.03. The SMILES string of the molecule is COCOc1cc2nc(C)oc2cc1-c1cnc(N2CCC(CNC3CC3)C2)nn1. The Morgan fingerprint density at radius 1 is 1.23 bits per heavy atom. The van der Waals surface area contributed by atoms with Crippen molar-refractivity contribution in [1.29, 1.82) is 0 Å². The molecule has 9 nitrogen and oxygen atoms in total. The van der Waals surface area contributed by atoms with Crippen molar-refractivity contribution in [2.75, 3.05) is 38.4 Å². The summed E-state index contributed by atoms with van der Waals surface area (Å²) in [6.45, 7) is 4.94. The maximum absolute atomic E-state index is 5.74. The standard InChI is InChI=1S/C21H26N6O3/c1-13-24-17-8-19(29-12-28-2)16(7-20(17)30-13)18-10-23-21(26-25-18)27-6-5-14(11-27)9-22-15-3-4-15/h7-8,10,14-15,22H,3-6,9,11-12H2,1-2H3. The number of hydrogen-bond donors (Lipinski definition) is 1. The molecular weight excluding hydrogens is 384 g/mol. The average molecular weight is 410 g/mol. The van der Waals surface area contributed by atoms with Crippen LogP contribution in [0.4, 0.5) is 5.95 Å². The van der Waals surface area contributed by atoms with E-state index in [0.717, 1.165) is 43.2 Å². The minimum atomic E-state index is 0.123. The molecule has 3 heterocycles. The Hall–Kier alpha value is -2.78. The number of methoxy groups -OCH3 is 1. The molecule has 2 aliphatic rings. The first-order valence-electron chi connectivity index (χ1n) is 10.4. The average Bonchev–Trinajstić information content (AvgIpc) is 3.34. The monoisotopic (exact) mass is 410 g/mol. The molecule has 2 fully saturated rings. The van der Waals surface area contributed by atoms with E-state index in [2.05, 4.69) is 30.4 Å². The number of ether oxygens (including phenoxy) is 2. The Bertz CT molecular complexity index is 1020. The molecule has 1 N–H and O–H groups in total. The molecule has 1 saturated heterocycles. The third kappa shape index (κ3) is 4.08. The first-order chi connectivity index (χ1) is 14.7. The van der Waals surface area contributed by atoms with Crippen molar-refractivity contribution in [2.45, 2.75) is 32.2 Å². The first kappa shape index (κ1) is 19.2. The number of anilines is 1. The molecule has 1 aliphatic carbocycles. The lowest BCUT2D eigenvalue weighted by Gasteiger charge is -2.16. The van der Waals surface area contributed by atoms with Crippen LogP contribution in [0.3, 0.4) is 0 Å². The van der Waals surface area contributed by atoms with E-state index in [-0.39, 0.29) is 6.79 Å². The highest BCUT2D eigenvalue weighted by Crippen LogP contribution is 2.33. The largest absolute Gasteiger partial charge is 0.467 e. The summed E-state index contributed by atoms with van der Waals surface area (Å²) in [6.07, 6.45) is 5.53. The van der Waals surface area contributed by atoms with Crippen LogP contribution in [0, 0.1) is 12.8 Å². The molecule has 1 unspecified atom stereocenters. The summed E-state index contributed by atoms with van der Waals surface area (Å²) >= 11 is 0. The number of oxazole rings is 1. The fourth-order valence-corrected chi connectivity index (χ4v) is 3.85. The summed E-state index contributed by atoms with van der Waals surface area (Å²) < 4.78 is 16.5. The van der Waals surface area contributed by atoms with Crippen LogP contribution in [-0.4, -0.2) is 59.7 Å². The molecule has 0 radical (unpaired) electrons. The Labute approximate surface area is 174 Å². The Morgan fingerprint density at radius 2 is 2.13 bits per heavy atom. The van der Waals surface area contributed by atoms with Gasteiger partial charge in [0.2, 0.25) is 5.95 Å². The van der Waals surface area contributed by atoms with Gasteiger partial charge in [0.25, 0.3) is 0 Å². The Kier molecular flexibility index (Phi) is 5.22. The number of nitrogens with one attached hydrogen (secondary N) is 1. The number of hydrogen-bond acceptors (Lipinski definition) is 9. The number of aryl methyl sites for hydroxylation is 1. The molecule has 0 bridgehead atoms. The van der Waals surface area contributed by atoms with Crippen molar-refractivity contribution in [1.82, 2.24) is 25.5 Å². The highest BCUT2D eigenvalue weighted by molar-refractivity contribution is 5.83. The third-order valence-electron chi connectivity index (χ3n) is 5.60. The lowest BCUT2D eigenvalue weighted by Crippen LogP contribution is -2.28. The number of aromatic nitrogens is 4. The molecule has 158 valence electrons. The van der Waals surface area contributed by atoms with E-state index in [4.69, 9.17) is 13.9 Å². The second-order valence-electron chi connectivity index (χ2n) is 8.03. The van der Waals surface area contributed by atoms with Crippen molar-refractivity contribution in [3.63, 3.8) is 0 Å². The predicted molar refractivity (Wildman–Crippen MR) is 111 cm³/mol. The van der Waals surface area contributed by atoms with Gasteiger partial charge in [0.1, 0.15) is 17.0 Å². The zero-order valence-electron chi connectivity index (χ0n) is 17.3. The fourth-order valence-electron chi connectivity index (χ4n) is 3.85. The van der Waals surface area contributed by atoms with Crippen molar-refractivity contribution in [3.05, 3.63) is 24.2 Å². The number of benzene rings is 1. The van der Waals surface area contributed by atoms with Gasteiger partial charge in [-0.1, -0.05) is 0 Å². The van der Waals surface area contributed by atoms with Crippen LogP contribution in [-0.2, 0) is 4.74 Å². The molecule has 1 aliphatic heterocycles. The van der Waals surface area contributed by atoms with Crippen molar-refractivity contribution in [2.24, 2.45) is 5.92 Å². The van der Waals surface area contributed by atoms with Gasteiger partial charge in [-0.05, 0) is 37.8 Å². The minimum absolute atomic E-state index is 0.123. The van der Waals surface area contributed by atoms with Crippen LogP contribution in [0.15, 0.2) is 22.7 Å². The summed E-state index contributed by atoms with van der Waals surface area (Å²) in [5.74, 6) is 2.51. The minimum Gasteiger partial charge on any atom is -0.467 e. The molecule has 30 heavy (non-hydrogen) atoms. The van der Waals surface area contributed by atoms with E-state index in [1.807, 2.05) is 19.1 Å². The maximum Gasteiger partial charge on any atom is 0.245 e. The van der Waals surface area contributed by atoms with Crippen LogP contribution < -0.4 is 15.0 Å². The topological polar surface area (TPSA) is 98.4 Å². The third-order valence-corrected chi connectivity index (χ3v) is 5.60. The molecule has 5 rings (SSSR count). The van der Waals surface area contributed by atoms with Crippen LogP contribution in [0.5, 0.6) is 5.75 Å². The van der Waals surface area contributed by atoms with E-state index in [1.165, 1.54) is 12.8 Å². The van der Waals surface area contributed by atoms with Crippen molar-refractivity contribution < 1.29 is 13.9 Å². The summed E-state index contributed by atoms with van der Waals surface area (Å²) in [5.41, 5.74) is 2.76. The number of rotatable bonds is 8. The van der Waals surface area contributed by atoms with Gasteiger partial charge >= 0.3 is 0 Å². The van der Waals surface area contributed by atoms with Gasteiger partial charge in [-0.2, -0.15) is 0 Å². The van der Waals surface area contributed by atoms with Gasteiger partial charge < -0.3 is 24.1 Å². The molecule has 0 spiro atoms. The maximum atomic E-state index is 5.74. The fraction of sp³-hybridized carbons (Fsp3) is 0.524. The highest BCUT2D eigenvalue weighted by Gasteiger charge is 2.27. The van der Waals surface area contributed by atoms with Crippen LogP contribution in [0.25, 0.3) is 22.4 Å². The van der Waals surface area contributed by atoms with Gasteiger partial charge in [0.05, 0.1) is 6.20 Å². The van der Waals surface area contributed by atoms with Gasteiger partial charge in [-0.15, -0.1) is 10.2 Å². The predicted octanol–water partition coefficient (Wildman–Crippen LogP) is 2.55. The van der Waals surface area contributed by atoms with Crippen LogP contribution >= 0.6 is 0 Å². The normalized spacial score (nSPS) is 19.0. The quantitative estimate of drug-likeness (QED) is 0.562. The lowest BCUT2D eigenvalue weighted by atomic mass is 10.1. The summed E-state index contributed by atoms with van der Waals surface area (Å²) in [7, 11) is 1.58. The van der Waals surface area contributed by atoms with E-state index in [0.29, 0.717) is 34.8 Å². The van der Waals surface area contributed by atoms with E-state index < -0.39 is 0 Å². The molecule has 0 amide bonds. The Morgan fingerprint density at radius 3 is 2.90 bits per heavy atom. The van der Waals surface area contributed by atoms with Gasteiger partial charge in [0, 0.05) is 44.8 Å². The molecule has 1 aromatic carbocycles. The molecule has 1 saturated carbocycles. The van der Waals surface area contributed by atoms with Gasteiger partial charge in [0.15, 0.2) is 18.3 Å². The highest BCUT2D eigenvalue weighted by atomic mass is 16.7. The van der Waals surface area contributed by atoms with Crippen LogP contribution in [0.2, 0.25) is 0 Å². The zero-order chi connectivity index (χ0) is 20.5. The number of fused-ring (bicyclic) bond motifs is 1. The van der Waals surface area contributed by atoms with Crippen LogP contribution in [0.1, 0.15) is 25.2 Å². The summed E-state index contributed by atoms with van der Waals surface area (Å²) in [6, 6.07) is 4.44. The van der Waals surface area contributed by atoms with Crippen molar-refractivity contribution >= 4 is 17.0 Å².